The lowest BCUT2D eigenvalue weighted by molar-refractivity contribution is -0.149. The Labute approximate surface area is 175 Å². The largest absolute Gasteiger partial charge is 0.481 e. The van der Waals surface area contributed by atoms with Gasteiger partial charge in [-0.25, -0.2) is 4.39 Å². The molecule has 1 aromatic heterocycles. The van der Waals surface area contributed by atoms with Crippen LogP contribution in [0.25, 0.3) is 0 Å². The van der Waals surface area contributed by atoms with Gasteiger partial charge in [0.05, 0.1) is 24.1 Å². The molecule has 1 saturated heterocycles. The van der Waals surface area contributed by atoms with Crippen molar-refractivity contribution in [2.24, 2.45) is 40.9 Å². The Balaban J connectivity index is 1.31. The zero-order valence-corrected chi connectivity index (χ0v) is 17.3. The van der Waals surface area contributed by atoms with Gasteiger partial charge < -0.3 is 20.3 Å². The first kappa shape index (κ1) is 20.0. The minimum Gasteiger partial charge on any atom is -0.481 e. The highest BCUT2D eigenvalue weighted by atomic mass is 19.1. The maximum Gasteiger partial charge on any atom is 0.307 e. The number of hydrogen-bond donors (Lipinski definition) is 3. The van der Waals surface area contributed by atoms with E-state index in [9.17, 15) is 19.1 Å². The fraction of sp³-hybridized carbons (Fsp3) is 0.773. The number of aromatic nitrogens is 1. The van der Waals surface area contributed by atoms with Crippen molar-refractivity contribution in [1.29, 1.82) is 0 Å². The van der Waals surface area contributed by atoms with Crippen molar-refractivity contribution in [2.45, 2.75) is 51.7 Å². The average Bonchev–Trinajstić information content (AvgIpc) is 2.96. The summed E-state index contributed by atoms with van der Waals surface area (Å²) in [4.78, 5) is 25.3. The maximum absolute atomic E-state index is 14.4. The van der Waals surface area contributed by atoms with E-state index in [1.807, 2.05) is 6.92 Å². The van der Waals surface area contributed by atoms with Crippen LogP contribution >= 0.6 is 0 Å². The molecule has 5 rings (SSSR count). The van der Waals surface area contributed by atoms with Gasteiger partial charge in [-0.2, -0.15) is 0 Å². The van der Waals surface area contributed by atoms with E-state index < -0.39 is 24.0 Å². The maximum atomic E-state index is 14.4. The number of carboxylic acids is 1. The summed E-state index contributed by atoms with van der Waals surface area (Å²) in [7, 11) is 0. The summed E-state index contributed by atoms with van der Waals surface area (Å²) in [5, 5.41) is 19.8. The van der Waals surface area contributed by atoms with E-state index in [4.69, 9.17) is 4.52 Å². The number of amides is 1. The van der Waals surface area contributed by atoms with E-state index in [0.29, 0.717) is 18.2 Å². The number of nitrogens with one attached hydrogen (secondary N) is 2. The van der Waals surface area contributed by atoms with Crippen LogP contribution in [-0.4, -0.2) is 41.4 Å². The van der Waals surface area contributed by atoms with E-state index in [1.54, 1.807) is 6.07 Å². The molecule has 4 aliphatic rings. The van der Waals surface area contributed by atoms with Crippen LogP contribution in [0.3, 0.4) is 0 Å². The molecule has 7 nitrogen and oxygen atoms in total. The fourth-order valence-corrected chi connectivity index (χ4v) is 7.25. The molecule has 3 N–H and O–H groups in total. The van der Waals surface area contributed by atoms with Crippen LogP contribution in [0.1, 0.15) is 43.6 Å². The number of rotatable bonds is 6. The average molecular weight is 419 g/mol. The molecule has 8 atom stereocenters. The zero-order valence-electron chi connectivity index (χ0n) is 17.3. The molecular weight excluding hydrogens is 389 g/mol. The van der Waals surface area contributed by atoms with Crippen molar-refractivity contribution in [1.82, 2.24) is 15.8 Å². The number of aryl methyl sites for hydroxylation is 1. The van der Waals surface area contributed by atoms with E-state index in [1.165, 1.54) is 0 Å². The summed E-state index contributed by atoms with van der Waals surface area (Å²) in [5.41, 5.74) is 0.671. The first-order valence-corrected chi connectivity index (χ1v) is 11.2. The zero-order chi connectivity index (χ0) is 21.0. The topological polar surface area (TPSA) is 104 Å². The summed E-state index contributed by atoms with van der Waals surface area (Å²) >= 11 is 0. The number of carbonyl (C=O) groups excluding carboxylic acids is 1. The Morgan fingerprint density at radius 2 is 2.10 bits per heavy atom. The predicted molar refractivity (Wildman–Crippen MR) is 105 cm³/mol. The fourth-order valence-electron chi connectivity index (χ4n) is 7.25. The molecule has 1 aromatic rings. The molecule has 1 amide bonds. The smallest absolute Gasteiger partial charge is 0.307 e. The van der Waals surface area contributed by atoms with Gasteiger partial charge in [0.2, 0.25) is 5.91 Å². The van der Waals surface area contributed by atoms with Crippen molar-refractivity contribution in [3.8, 4) is 0 Å². The van der Waals surface area contributed by atoms with Gasteiger partial charge in [-0.1, -0.05) is 5.16 Å². The third-order valence-corrected chi connectivity index (χ3v) is 8.45. The number of carbonyl (C=O) groups is 2. The summed E-state index contributed by atoms with van der Waals surface area (Å²) < 4.78 is 19.5. The monoisotopic (exact) mass is 419 g/mol. The van der Waals surface area contributed by atoms with Crippen LogP contribution in [-0.2, 0) is 16.1 Å². The number of carboxylic acid groups (broad SMARTS) is 1. The highest BCUT2D eigenvalue weighted by Crippen LogP contribution is 2.78. The van der Waals surface area contributed by atoms with Crippen LogP contribution in [0.5, 0.6) is 0 Å². The molecule has 1 aliphatic heterocycles. The quantitative estimate of drug-likeness (QED) is 0.654. The second-order valence-corrected chi connectivity index (χ2v) is 9.85. The Morgan fingerprint density at radius 1 is 1.33 bits per heavy atom. The van der Waals surface area contributed by atoms with E-state index in [2.05, 4.69) is 15.8 Å². The van der Waals surface area contributed by atoms with Gasteiger partial charge >= 0.3 is 5.97 Å². The van der Waals surface area contributed by atoms with Crippen LogP contribution in [0.4, 0.5) is 4.39 Å². The van der Waals surface area contributed by atoms with Gasteiger partial charge in [-0.3, -0.25) is 9.59 Å². The molecule has 164 valence electrons. The third kappa shape index (κ3) is 3.06. The van der Waals surface area contributed by atoms with Crippen LogP contribution in [0.15, 0.2) is 10.6 Å². The molecule has 30 heavy (non-hydrogen) atoms. The summed E-state index contributed by atoms with van der Waals surface area (Å²) in [6, 6.07) is 1.76. The lowest BCUT2D eigenvalue weighted by Gasteiger charge is -2.28. The van der Waals surface area contributed by atoms with Gasteiger partial charge in [0.1, 0.15) is 6.17 Å². The molecule has 0 radical (unpaired) electrons. The number of alkyl halides is 1. The minimum absolute atomic E-state index is 0.0352. The van der Waals surface area contributed by atoms with Crippen molar-refractivity contribution in [3.63, 3.8) is 0 Å². The number of hydrogen-bond acceptors (Lipinski definition) is 5. The first-order chi connectivity index (χ1) is 14.4. The lowest BCUT2D eigenvalue weighted by atomic mass is 9.78. The molecular formula is C22H30FN3O4. The predicted octanol–water partition coefficient (Wildman–Crippen LogP) is 2.30. The van der Waals surface area contributed by atoms with Crippen LogP contribution in [0, 0.1) is 47.8 Å². The van der Waals surface area contributed by atoms with Gasteiger partial charge in [-0.05, 0) is 74.7 Å². The van der Waals surface area contributed by atoms with Gasteiger partial charge in [0.15, 0.2) is 5.76 Å². The van der Waals surface area contributed by atoms with Crippen molar-refractivity contribution in [2.75, 3.05) is 13.1 Å². The molecule has 1 spiro atoms. The minimum atomic E-state index is -0.867. The molecule has 8 heteroatoms. The van der Waals surface area contributed by atoms with Gasteiger partial charge in [-0.15, -0.1) is 0 Å². The van der Waals surface area contributed by atoms with E-state index in [-0.39, 0.29) is 35.6 Å². The normalized spacial score (nSPS) is 41.9. The molecule has 0 aromatic carbocycles. The van der Waals surface area contributed by atoms with Gasteiger partial charge in [0, 0.05) is 12.6 Å². The molecule has 2 heterocycles. The second-order valence-electron chi connectivity index (χ2n) is 9.85. The molecule has 3 saturated carbocycles. The number of piperidine rings is 1. The number of aliphatic carboxylic acids is 1. The molecule has 2 unspecified atom stereocenters. The van der Waals surface area contributed by atoms with Gasteiger partial charge in [0.25, 0.3) is 0 Å². The van der Waals surface area contributed by atoms with E-state index in [0.717, 1.165) is 44.3 Å². The standard InChI is InChI=1S/C22H30FN3O4/c1-11-6-14(30-26-11)9-25-20(27)18-15-2-3-16(19(18)21(28)29)22(15)8-13(22)7-12-4-5-24-10-17(12)23/h6,12-13,15-19,24H,2-5,7-10H2,1H3,(H,25,27)(H,28,29)/t12-,13?,15+,16-,17-,18-,19-,22?/m1/s1. The van der Waals surface area contributed by atoms with Crippen molar-refractivity contribution < 1.29 is 23.6 Å². The van der Waals surface area contributed by atoms with Crippen LogP contribution < -0.4 is 10.6 Å². The Morgan fingerprint density at radius 3 is 2.77 bits per heavy atom. The van der Waals surface area contributed by atoms with Crippen molar-refractivity contribution in [3.05, 3.63) is 17.5 Å². The highest BCUT2D eigenvalue weighted by molar-refractivity contribution is 5.86. The molecule has 4 fully saturated rings. The second kappa shape index (κ2) is 7.32. The summed E-state index contributed by atoms with van der Waals surface area (Å²) in [6.45, 7) is 3.30. The Bertz CT molecular complexity index is 844. The Kier molecular flexibility index (Phi) is 4.87. The number of halogens is 1. The van der Waals surface area contributed by atoms with Crippen molar-refractivity contribution >= 4 is 11.9 Å². The summed E-state index contributed by atoms with van der Waals surface area (Å²) in [5.74, 6) is -1.11. The Hall–Kier alpha value is -1.96. The molecule has 2 bridgehead atoms. The SMILES string of the molecule is Cc1cc(CNC(=O)[C@H]2[C@H](C(=O)O)[C@H]3CC[C@@H]2C32CC2C[C@H]2CCNC[C@H]2F)on1. The molecule has 3 aliphatic carbocycles. The highest BCUT2D eigenvalue weighted by Gasteiger charge is 2.76. The van der Waals surface area contributed by atoms with E-state index >= 15 is 0 Å². The third-order valence-electron chi connectivity index (χ3n) is 8.45. The summed E-state index contributed by atoms with van der Waals surface area (Å²) in [6.07, 6.45) is 3.56. The number of nitrogens with zero attached hydrogens (tertiary/aromatic N) is 1. The first-order valence-electron chi connectivity index (χ1n) is 11.2. The lowest BCUT2D eigenvalue weighted by Crippen LogP contribution is -2.41. The van der Waals surface area contributed by atoms with Crippen LogP contribution in [0.2, 0.25) is 0 Å².